The quantitative estimate of drug-likeness (QED) is 0.550. The minimum atomic E-state index is -0.543. The topological polar surface area (TPSA) is 117 Å². The molecule has 1 aliphatic carbocycles. The van der Waals surface area contributed by atoms with E-state index in [9.17, 15) is 9.59 Å². The third-order valence-electron chi connectivity index (χ3n) is 6.78. The Labute approximate surface area is 190 Å². The van der Waals surface area contributed by atoms with Gasteiger partial charge in [-0.1, -0.05) is 6.07 Å². The van der Waals surface area contributed by atoms with Crippen molar-refractivity contribution in [2.24, 2.45) is 5.92 Å². The van der Waals surface area contributed by atoms with Gasteiger partial charge in [-0.05, 0) is 50.8 Å². The van der Waals surface area contributed by atoms with Gasteiger partial charge in [0.25, 0.3) is 0 Å². The fourth-order valence-electron chi connectivity index (χ4n) is 4.59. The number of anilines is 4. The Hall–Kier alpha value is -3.69. The molecule has 1 aromatic carbocycles. The van der Waals surface area contributed by atoms with E-state index >= 15 is 0 Å². The smallest absolute Gasteiger partial charge is 0.247 e. The van der Waals surface area contributed by atoms with Crippen LogP contribution < -0.4 is 20.9 Å². The Bertz CT molecular complexity index is 1280. The van der Waals surface area contributed by atoms with Crippen molar-refractivity contribution in [3.63, 3.8) is 0 Å². The second-order valence-corrected chi connectivity index (χ2v) is 9.63. The number of carbonyl (C=O) groups excluding carboxylic acids is 2. The van der Waals surface area contributed by atoms with E-state index in [0.29, 0.717) is 24.2 Å². The first-order valence-electron chi connectivity index (χ1n) is 11.4. The van der Waals surface area contributed by atoms with Gasteiger partial charge in [0.1, 0.15) is 0 Å². The molecule has 2 amide bonds. The van der Waals surface area contributed by atoms with Crippen LogP contribution in [0.2, 0.25) is 0 Å². The zero-order valence-corrected chi connectivity index (χ0v) is 18.6. The maximum absolute atomic E-state index is 12.5. The largest absolute Gasteiger partial charge is 0.353 e. The molecule has 1 saturated carbocycles. The number of hydrogen-bond donors (Lipinski definition) is 3. The van der Waals surface area contributed by atoms with E-state index in [1.54, 1.807) is 16.9 Å². The summed E-state index contributed by atoms with van der Waals surface area (Å²) in [6, 6.07) is 6.15. The van der Waals surface area contributed by atoms with E-state index in [-0.39, 0.29) is 17.7 Å². The van der Waals surface area contributed by atoms with Crippen LogP contribution in [0, 0.1) is 5.92 Å². The minimum absolute atomic E-state index is 0.00838. The van der Waals surface area contributed by atoms with Crippen LogP contribution in [-0.4, -0.2) is 50.5 Å². The maximum atomic E-state index is 12.5. The monoisotopic (exact) mass is 446 g/mol. The third kappa shape index (κ3) is 3.46. The van der Waals surface area contributed by atoms with Crippen LogP contribution in [0.3, 0.4) is 0 Å². The fourth-order valence-corrected chi connectivity index (χ4v) is 4.59. The molecule has 10 heteroatoms. The van der Waals surface area contributed by atoms with Gasteiger partial charge in [-0.3, -0.25) is 9.59 Å². The van der Waals surface area contributed by atoms with E-state index < -0.39 is 5.41 Å². The Morgan fingerprint density at radius 3 is 2.91 bits per heavy atom. The van der Waals surface area contributed by atoms with E-state index in [1.165, 1.54) is 0 Å². The van der Waals surface area contributed by atoms with Gasteiger partial charge < -0.3 is 20.9 Å². The zero-order valence-electron chi connectivity index (χ0n) is 18.6. The lowest BCUT2D eigenvalue weighted by molar-refractivity contribution is -0.124. The molecular formula is C23H26N8O2. The maximum Gasteiger partial charge on any atom is 0.247 e. The van der Waals surface area contributed by atoms with Gasteiger partial charge >= 0.3 is 0 Å². The Morgan fingerprint density at radius 2 is 2.09 bits per heavy atom. The number of carbonyl (C=O) groups is 2. The SMILES string of the molecule is CC1(C)C(=O)Nc2cc(Nc3nc4c(N5CCC(C(=O)NC6CC6)C5)nccn4n3)ccc21. The summed E-state index contributed by atoms with van der Waals surface area (Å²) in [5, 5.41) is 13.8. The first-order valence-corrected chi connectivity index (χ1v) is 11.4. The lowest BCUT2D eigenvalue weighted by Crippen LogP contribution is -2.34. The number of nitrogens with zero attached hydrogens (tertiary/aromatic N) is 5. The van der Waals surface area contributed by atoms with Gasteiger partial charge in [-0.15, -0.1) is 5.10 Å². The van der Waals surface area contributed by atoms with Gasteiger partial charge in [-0.2, -0.15) is 4.98 Å². The van der Waals surface area contributed by atoms with Gasteiger partial charge in [0.2, 0.25) is 17.8 Å². The summed E-state index contributed by atoms with van der Waals surface area (Å²) >= 11 is 0. The van der Waals surface area contributed by atoms with Gasteiger partial charge in [0.05, 0.1) is 11.3 Å². The molecule has 3 aliphatic rings. The summed E-state index contributed by atoms with van der Waals surface area (Å²) in [6.07, 6.45) is 6.44. The van der Waals surface area contributed by atoms with Crippen LogP contribution in [0.25, 0.3) is 5.65 Å². The molecule has 6 rings (SSSR count). The molecule has 4 heterocycles. The summed E-state index contributed by atoms with van der Waals surface area (Å²) in [7, 11) is 0. The van der Waals surface area contributed by atoms with Crippen LogP contribution in [0.4, 0.5) is 23.1 Å². The minimum Gasteiger partial charge on any atom is -0.353 e. The summed E-state index contributed by atoms with van der Waals surface area (Å²) < 4.78 is 1.69. The Kier molecular flexibility index (Phi) is 4.33. The van der Waals surface area contributed by atoms with E-state index in [1.807, 2.05) is 32.0 Å². The summed E-state index contributed by atoms with van der Waals surface area (Å²) in [4.78, 5) is 36.0. The standard InChI is InChI=1S/C23H26N8O2/c1-23(2)16-6-5-15(11-17(16)27-21(23)33)26-22-28-19-18(24-8-10-31(19)29-22)30-9-7-13(12-30)20(32)25-14-3-4-14/h5-6,8,10-11,13-14H,3-4,7,9,12H2,1-2H3,(H,25,32)(H,26,29)(H,27,33). The fraction of sp³-hybridized carbons (Fsp3) is 0.435. The summed E-state index contributed by atoms with van der Waals surface area (Å²) in [5.74, 6) is 1.27. The first kappa shape index (κ1) is 20.0. The average Bonchev–Trinajstić information content (AvgIpc) is 3.20. The molecule has 10 nitrogen and oxygen atoms in total. The number of rotatable bonds is 5. The molecule has 1 atom stereocenters. The van der Waals surface area contributed by atoms with Crippen molar-refractivity contribution in [1.29, 1.82) is 0 Å². The van der Waals surface area contributed by atoms with Crippen molar-refractivity contribution >= 4 is 40.6 Å². The van der Waals surface area contributed by atoms with Crippen LogP contribution >= 0.6 is 0 Å². The van der Waals surface area contributed by atoms with Gasteiger partial charge in [0, 0.05) is 42.9 Å². The van der Waals surface area contributed by atoms with Crippen LogP contribution in [0.1, 0.15) is 38.7 Å². The number of aromatic nitrogens is 4. The zero-order chi connectivity index (χ0) is 22.7. The first-order chi connectivity index (χ1) is 15.9. The predicted molar refractivity (Wildman–Crippen MR) is 124 cm³/mol. The summed E-state index contributed by atoms with van der Waals surface area (Å²) in [5.41, 5.74) is 2.66. The molecule has 1 unspecified atom stereocenters. The lowest BCUT2D eigenvalue weighted by atomic mass is 9.86. The van der Waals surface area contributed by atoms with Crippen molar-refractivity contribution in [3.8, 4) is 0 Å². The Balaban J connectivity index is 1.22. The Morgan fingerprint density at radius 1 is 1.24 bits per heavy atom. The molecule has 2 fully saturated rings. The molecule has 33 heavy (non-hydrogen) atoms. The number of fused-ring (bicyclic) bond motifs is 2. The van der Waals surface area contributed by atoms with Crippen molar-refractivity contribution in [1.82, 2.24) is 24.9 Å². The highest BCUT2D eigenvalue weighted by Gasteiger charge is 2.38. The molecule has 1 saturated heterocycles. The second kappa shape index (κ2) is 7.16. The summed E-state index contributed by atoms with van der Waals surface area (Å²) in [6.45, 7) is 5.21. The molecule has 170 valence electrons. The normalized spacial score (nSPS) is 21.2. The van der Waals surface area contributed by atoms with Gasteiger partial charge in [-0.25, -0.2) is 9.50 Å². The van der Waals surface area contributed by atoms with Crippen LogP contribution in [0.5, 0.6) is 0 Å². The molecule has 3 N–H and O–H groups in total. The van der Waals surface area contributed by atoms with E-state index in [4.69, 9.17) is 0 Å². The molecule has 0 radical (unpaired) electrons. The number of benzene rings is 1. The highest BCUT2D eigenvalue weighted by Crippen LogP contribution is 2.39. The molecule has 2 aromatic heterocycles. The van der Waals surface area contributed by atoms with Crippen molar-refractivity contribution < 1.29 is 9.59 Å². The molecule has 0 bridgehead atoms. The molecule has 0 spiro atoms. The van der Waals surface area contributed by atoms with Crippen molar-refractivity contribution in [2.45, 2.75) is 44.6 Å². The second-order valence-electron chi connectivity index (χ2n) is 9.63. The molecule has 3 aromatic rings. The van der Waals surface area contributed by atoms with Crippen molar-refractivity contribution in [2.75, 3.05) is 28.6 Å². The van der Waals surface area contributed by atoms with Crippen LogP contribution in [-0.2, 0) is 15.0 Å². The van der Waals surface area contributed by atoms with E-state index in [0.717, 1.165) is 48.6 Å². The van der Waals surface area contributed by atoms with Gasteiger partial charge in [0.15, 0.2) is 11.5 Å². The predicted octanol–water partition coefficient (Wildman–Crippen LogP) is 2.20. The van der Waals surface area contributed by atoms with E-state index in [2.05, 4.69) is 35.9 Å². The lowest BCUT2D eigenvalue weighted by Gasteiger charge is -2.17. The highest BCUT2D eigenvalue weighted by molar-refractivity contribution is 6.06. The van der Waals surface area contributed by atoms with Crippen molar-refractivity contribution in [3.05, 3.63) is 36.2 Å². The highest BCUT2D eigenvalue weighted by atomic mass is 16.2. The average molecular weight is 447 g/mol. The number of hydrogen-bond acceptors (Lipinski definition) is 7. The molecular weight excluding hydrogens is 420 g/mol. The number of nitrogens with one attached hydrogen (secondary N) is 3. The molecule has 2 aliphatic heterocycles. The third-order valence-corrected chi connectivity index (χ3v) is 6.78. The van der Waals surface area contributed by atoms with Crippen LogP contribution in [0.15, 0.2) is 30.6 Å². The number of amides is 2.